The van der Waals surface area contributed by atoms with Crippen LogP contribution in [0.25, 0.3) is 11.0 Å². The van der Waals surface area contributed by atoms with Crippen LogP contribution < -0.4 is 20.0 Å². The number of aliphatic carboxylic acids is 1. The molecule has 3 aromatic rings. The van der Waals surface area contributed by atoms with Gasteiger partial charge in [0.15, 0.2) is 0 Å². The molecule has 0 N–H and O–H groups in total. The van der Waals surface area contributed by atoms with Crippen LogP contribution in [-0.2, 0) is 23.8 Å². The van der Waals surface area contributed by atoms with E-state index in [1.54, 1.807) is 19.1 Å². The van der Waals surface area contributed by atoms with Crippen molar-refractivity contribution in [3.63, 3.8) is 0 Å². The Morgan fingerprint density at radius 1 is 1.10 bits per heavy atom. The van der Waals surface area contributed by atoms with Crippen molar-refractivity contribution in [1.29, 1.82) is 0 Å². The molecule has 0 spiro atoms. The molecule has 1 heterocycles. The number of rotatable bonds is 7. The highest BCUT2D eigenvalue weighted by Crippen LogP contribution is 2.39. The van der Waals surface area contributed by atoms with Crippen molar-refractivity contribution in [2.45, 2.75) is 32.9 Å². The predicted octanol–water partition coefficient (Wildman–Crippen LogP) is 3.86. The molecule has 0 unspecified atom stereocenters. The first kappa shape index (κ1) is 22.2. The fraction of sp³-hybridized carbons (Fsp3) is 0.273. The van der Waals surface area contributed by atoms with Crippen LogP contribution in [-0.4, -0.2) is 12.6 Å². The van der Waals surface area contributed by atoms with Crippen molar-refractivity contribution in [3.05, 3.63) is 63.5 Å². The zero-order valence-electron chi connectivity index (χ0n) is 16.7. The van der Waals surface area contributed by atoms with Crippen LogP contribution >= 0.6 is 0 Å². The third-order valence-electron chi connectivity index (χ3n) is 4.57. The molecule has 0 fully saturated rings. The maximum absolute atomic E-state index is 13.6. The van der Waals surface area contributed by atoms with E-state index in [0.717, 1.165) is 18.1 Å². The summed E-state index contributed by atoms with van der Waals surface area (Å²) >= 11 is 0. The Bertz CT molecular complexity index is 1160. The Hall–Kier alpha value is -3.49. The second-order valence-electron chi connectivity index (χ2n) is 6.66. The van der Waals surface area contributed by atoms with E-state index in [1.165, 1.54) is 18.2 Å². The second kappa shape index (κ2) is 8.71. The predicted molar refractivity (Wildman–Crippen MR) is 103 cm³/mol. The largest absolute Gasteiger partial charge is 0.546 e. The van der Waals surface area contributed by atoms with Gasteiger partial charge < -0.3 is 23.8 Å². The molecule has 0 aliphatic heterocycles. The number of fused-ring (bicyclic) bond motifs is 1. The number of aryl methyl sites for hydroxylation is 2. The molecule has 0 aliphatic rings. The summed E-state index contributed by atoms with van der Waals surface area (Å²) in [6.45, 7) is 2.83. The number of alkyl halides is 3. The minimum absolute atomic E-state index is 0.0145. The first-order valence-corrected chi connectivity index (χ1v) is 9.44. The monoisotopic (exact) mass is 435 g/mol. The molecular formula is C22H18F3O6-. The summed E-state index contributed by atoms with van der Waals surface area (Å²) in [5.41, 5.74) is -0.0458. The maximum Gasteiger partial charge on any atom is 0.453 e. The topological polar surface area (TPSA) is 88.8 Å². The first-order chi connectivity index (χ1) is 14.6. The number of carbonyl (C=O) groups excluding carboxylic acids is 1. The number of hydrogen-bond donors (Lipinski definition) is 0. The van der Waals surface area contributed by atoms with Crippen LogP contribution in [0.4, 0.5) is 13.2 Å². The fourth-order valence-electron chi connectivity index (χ4n) is 2.99. The fourth-order valence-corrected chi connectivity index (χ4v) is 2.99. The van der Waals surface area contributed by atoms with E-state index in [1.807, 2.05) is 6.92 Å². The summed E-state index contributed by atoms with van der Waals surface area (Å²) in [4.78, 5) is 23.6. The number of ether oxygens (including phenoxy) is 2. The van der Waals surface area contributed by atoms with Gasteiger partial charge in [-0.3, -0.25) is 4.79 Å². The van der Waals surface area contributed by atoms with E-state index >= 15 is 0 Å². The smallest absolute Gasteiger partial charge is 0.453 e. The zero-order valence-corrected chi connectivity index (χ0v) is 16.7. The third-order valence-corrected chi connectivity index (χ3v) is 4.57. The lowest BCUT2D eigenvalue weighted by molar-refractivity contribution is -0.307. The number of halogens is 3. The van der Waals surface area contributed by atoms with Gasteiger partial charge in [0.05, 0.1) is 11.4 Å². The summed E-state index contributed by atoms with van der Waals surface area (Å²) in [6, 6.07) is 8.67. The summed E-state index contributed by atoms with van der Waals surface area (Å²) in [5.74, 6) is -4.04. The third kappa shape index (κ3) is 4.82. The van der Waals surface area contributed by atoms with Crippen molar-refractivity contribution in [1.82, 2.24) is 0 Å². The van der Waals surface area contributed by atoms with E-state index in [0.29, 0.717) is 12.0 Å². The lowest BCUT2D eigenvalue weighted by Gasteiger charge is -2.15. The highest BCUT2D eigenvalue weighted by atomic mass is 19.4. The van der Waals surface area contributed by atoms with E-state index < -0.39 is 41.3 Å². The Labute approximate surface area is 174 Å². The van der Waals surface area contributed by atoms with Crippen LogP contribution in [0.3, 0.4) is 0 Å². The molecule has 0 saturated carbocycles. The first-order valence-electron chi connectivity index (χ1n) is 9.44. The van der Waals surface area contributed by atoms with Gasteiger partial charge in [0, 0.05) is 6.07 Å². The molecule has 0 bridgehead atoms. The molecule has 9 heteroatoms. The summed E-state index contributed by atoms with van der Waals surface area (Å²) in [7, 11) is 0. The van der Waals surface area contributed by atoms with Gasteiger partial charge >= 0.3 is 6.18 Å². The number of benzene rings is 2. The van der Waals surface area contributed by atoms with Gasteiger partial charge in [0.2, 0.25) is 11.2 Å². The van der Waals surface area contributed by atoms with Gasteiger partial charge in [-0.15, -0.1) is 0 Å². The average molecular weight is 435 g/mol. The SMILES string of the molecule is CCc1ccc(Oc2c(C(F)(F)F)oc3cc(OCC(=O)[O-])c(CC)cc3c2=O)cc1. The second-order valence-corrected chi connectivity index (χ2v) is 6.66. The Morgan fingerprint density at radius 2 is 1.77 bits per heavy atom. The molecule has 3 rings (SSSR count). The molecule has 0 radical (unpaired) electrons. The van der Waals surface area contributed by atoms with Gasteiger partial charge in [-0.25, -0.2) is 0 Å². The minimum atomic E-state index is -5.01. The van der Waals surface area contributed by atoms with Crippen molar-refractivity contribution < 1.29 is 37.0 Å². The molecule has 0 atom stereocenters. The summed E-state index contributed by atoms with van der Waals surface area (Å²) < 4.78 is 56.3. The van der Waals surface area contributed by atoms with Gasteiger partial charge in [-0.1, -0.05) is 26.0 Å². The van der Waals surface area contributed by atoms with E-state index in [2.05, 4.69) is 0 Å². The van der Waals surface area contributed by atoms with Crippen LogP contribution in [0, 0.1) is 0 Å². The Kier molecular flexibility index (Phi) is 6.24. The van der Waals surface area contributed by atoms with Crippen molar-refractivity contribution >= 4 is 16.9 Å². The van der Waals surface area contributed by atoms with Crippen LogP contribution in [0.2, 0.25) is 0 Å². The molecule has 164 valence electrons. The number of carbonyl (C=O) groups is 1. The molecule has 2 aromatic carbocycles. The molecule has 1 aromatic heterocycles. The molecule has 0 amide bonds. The van der Waals surface area contributed by atoms with Crippen LogP contribution in [0.15, 0.2) is 45.6 Å². The standard InChI is InChI=1S/C22H19F3O6/c1-3-12-5-7-14(8-6-12)30-20-19(28)15-9-13(4-2)16(29-11-18(26)27)10-17(15)31-21(20)22(23,24)25/h5-10H,3-4,11H2,1-2H3,(H,26,27)/p-1. The Morgan fingerprint density at radius 3 is 2.32 bits per heavy atom. The lowest BCUT2D eigenvalue weighted by atomic mass is 10.1. The van der Waals surface area contributed by atoms with Gasteiger partial charge in [0.1, 0.15) is 23.7 Å². The molecule has 0 aliphatic carbocycles. The molecule has 0 saturated heterocycles. The van der Waals surface area contributed by atoms with Gasteiger partial charge in [-0.05, 0) is 42.2 Å². The quantitative estimate of drug-likeness (QED) is 0.560. The van der Waals surface area contributed by atoms with Crippen LogP contribution in [0.1, 0.15) is 30.7 Å². The van der Waals surface area contributed by atoms with Crippen molar-refractivity contribution in [2.75, 3.05) is 6.61 Å². The number of carboxylic acids is 1. The zero-order chi connectivity index (χ0) is 22.8. The number of hydrogen-bond acceptors (Lipinski definition) is 6. The van der Waals surface area contributed by atoms with Crippen molar-refractivity contribution in [2.24, 2.45) is 0 Å². The average Bonchev–Trinajstić information content (AvgIpc) is 2.73. The van der Waals surface area contributed by atoms with Gasteiger partial charge in [-0.2, -0.15) is 13.2 Å². The number of carboxylic acid groups (broad SMARTS) is 1. The maximum atomic E-state index is 13.6. The van der Waals surface area contributed by atoms with Crippen molar-refractivity contribution in [3.8, 4) is 17.2 Å². The molecule has 6 nitrogen and oxygen atoms in total. The summed E-state index contributed by atoms with van der Waals surface area (Å²) in [6.07, 6.45) is -3.96. The highest BCUT2D eigenvalue weighted by molar-refractivity contribution is 5.81. The lowest BCUT2D eigenvalue weighted by Crippen LogP contribution is -2.29. The molecule has 31 heavy (non-hydrogen) atoms. The van der Waals surface area contributed by atoms with E-state index in [9.17, 15) is 27.9 Å². The molecular weight excluding hydrogens is 417 g/mol. The van der Waals surface area contributed by atoms with Gasteiger partial charge in [0.25, 0.3) is 5.76 Å². The highest BCUT2D eigenvalue weighted by Gasteiger charge is 2.40. The van der Waals surface area contributed by atoms with E-state index in [4.69, 9.17) is 13.9 Å². The van der Waals surface area contributed by atoms with E-state index in [-0.39, 0.29) is 16.9 Å². The Balaban J connectivity index is 2.18. The normalized spacial score (nSPS) is 11.5. The summed E-state index contributed by atoms with van der Waals surface area (Å²) in [5, 5.41) is 10.5. The van der Waals surface area contributed by atoms with Crippen LogP contribution in [0.5, 0.6) is 17.2 Å². The minimum Gasteiger partial charge on any atom is -0.546 e.